The Balaban J connectivity index is 1.90. The molecule has 0 spiro atoms. The van der Waals surface area contributed by atoms with E-state index in [1.54, 1.807) is 23.1 Å². The Morgan fingerprint density at radius 3 is 2.89 bits per heavy atom. The van der Waals surface area contributed by atoms with Crippen molar-refractivity contribution in [2.45, 2.75) is 23.5 Å². The van der Waals surface area contributed by atoms with Crippen LogP contribution in [0, 0.1) is 0 Å². The molecule has 0 bridgehead atoms. The molecule has 0 saturated heterocycles. The van der Waals surface area contributed by atoms with Crippen molar-refractivity contribution in [1.29, 1.82) is 0 Å². The summed E-state index contributed by atoms with van der Waals surface area (Å²) in [4.78, 5) is 5.70. The molecule has 0 radical (unpaired) electrons. The van der Waals surface area contributed by atoms with Crippen LogP contribution in [0.1, 0.15) is 17.1 Å². The van der Waals surface area contributed by atoms with Crippen molar-refractivity contribution in [2.75, 3.05) is 5.88 Å². The number of thioether (sulfide) groups is 1. The summed E-state index contributed by atoms with van der Waals surface area (Å²) in [5, 5.41) is 4.07. The van der Waals surface area contributed by atoms with Crippen LogP contribution in [0.25, 0.3) is 0 Å². The number of rotatable bonds is 6. The highest BCUT2D eigenvalue weighted by Crippen LogP contribution is 2.30. The quantitative estimate of drug-likeness (QED) is 0.532. The van der Waals surface area contributed by atoms with Gasteiger partial charge in [-0.3, -0.25) is 0 Å². The van der Waals surface area contributed by atoms with Crippen LogP contribution in [0.3, 0.4) is 0 Å². The summed E-state index contributed by atoms with van der Waals surface area (Å²) >= 11 is 15.2. The van der Waals surface area contributed by atoms with Crippen molar-refractivity contribution in [3.8, 4) is 0 Å². The van der Waals surface area contributed by atoms with Crippen LogP contribution in [0.5, 0.6) is 0 Å². The van der Waals surface area contributed by atoms with Crippen molar-refractivity contribution in [1.82, 2.24) is 4.98 Å². The molecular formula is C13H13Cl2NS2. The van der Waals surface area contributed by atoms with Crippen LogP contribution < -0.4 is 0 Å². The highest BCUT2D eigenvalue weighted by atomic mass is 35.5. The molecule has 0 aliphatic heterocycles. The summed E-state index contributed by atoms with van der Waals surface area (Å²) in [6.07, 6.45) is 1.96. The van der Waals surface area contributed by atoms with Gasteiger partial charge in [0, 0.05) is 16.2 Å². The molecule has 2 rings (SSSR count). The molecule has 0 N–H and O–H groups in total. The largest absolute Gasteiger partial charge is 0.245 e. The molecular weight excluding hydrogens is 305 g/mol. The maximum atomic E-state index is 6.11. The number of hydrogen-bond donors (Lipinski definition) is 0. The lowest BCUT2D eigenvalue weighted by Crippen LogP contribution is -1.87. The number of halogens is 2. The maximum Gasteiger partial charge on any atom is 0.103 e. The third kappa shape index (κ3) is 4.16. The standard InChI is InChI=1S/C13H13Cl2NS2/c14-7-3-4-10-8-18-13(16-10)9-17-12-6-2-1-5-11(12)15/h1-2,5-6,8H,3-4,7,9H2. The first-order chi connectivity index (χ1) is 8.79. The van der Waals surface area contributed by atoms with Gasteiger partial charge in [0.25, 0.3) is 0 Å². The van der Waals surface area contributed by atoms with E-state index in [4.69, 9.17) is 23.2 Å². The molecule has 0 unspecified atom stereocenters. The van der Waals surface area contributed by atoms with E-state index in [1.165, 1.54) is 0 Å². The number of alkyl halides is 1. The maximum absolute atomic E-state index is 6.11. The number of aromatic nitrogens is 1. The van der Waals surface area contributed by atoms with Crippen molar-refractivity contribution in [3.63, 3.8) is 0 Å². The fourth-order valence-corrected chi connectivity index (χ4v) is 3.70. The van der Waals surface area contributed by atoms with Gasteiger partial charge in [0.05, 0.1) is 16.5 Å². The lowest BCUT2D eigenvalue weighted by molar-refractivity contribution is 0.893. The molecule has 96 valence electrons. The summed E-state index contributed by atoms with van der Waals surface area (Å²) < 4.78 is 0. The van der Waals surface area contributed by atoms with Gasteiger partial charge in [-0.1, -0.05) is 23.7 Å². The average molecular weight is 318 g/mol. The summed E-state index contributed by atoms with van der Waals surface area (Å²) in [6.45, 7) is 0. The normalized spacial score (nSPS) is 10.8. The van der Waals surface area contributed by atoms with Gasteiger partial charge in [-0.15, -0.1) is 34.7 Å². The minimum atomic E-state index is 0.696. The molecule has 1 heterocycles. The van der Waals surface area contributed by atoms with Crippen LogP contribution in [-0.4, -0.2) is 10.9 Å². The van der Waals surface area contributed by atoms with Crippen molar-refractivity contribution in [3.05, 3.63) is 45.4 Å². The van der Waals surface area contributed by atoms with E-state index >= 15 is 0 Å². The van der Waals surface area contributed by atoms with Crippen LogP contribution >= 0.6 is 46.3 Å². The van der Waals surface area contributed by atoms with E-state index in [0.717, 1.165) is 39.2 Å². The number of hydrogen-bond acceptors (Lipinski definition) is 3. The molecule has 0 amide bonds. The lowest BCUT2D eigenvalue weighted by atomic mass is 10.3. The minimum Gasteiger partial charge on any atom is -0.245 e. The first-order valence-electron chi connectivity index (χ1n) is 5.66. The number of nitrogens with zero attached hydrogens (tertiary/aromatic N) is 1. The third-order valence-electron chi connectivity index (χ3n) is 2.35. The number of aryl methyl sites for hydroxylation is 1. The fourth-order valence-electron chi connectivity index (χ4n) is 1.48. The second-order valence-electron chi connectivity index (χ2n) is 3.74. The van der Waals surface area contributed by atoms with Crippen LogP contribution in [-0.2, 0) is 12.2 Å². The molecule has 1 aromatic heterocycles. The van der Waals surface area contributed by atoms with E-state index in [9.17, 15) is 0 Å². The average Bonchev–Trinajstić information content (AvgIpc) is 2.83. The van der Waals surface area contributed by atoms with Crippen molar-refractivity contribution >= 4 is 46.3 Å². The summed E-state index contributed by atoms with van der Waals surface area (Å²) in [5.74, 6) is 1.57. The van der Waals surface area contributed by atoms with E-state index in [1.807, 2.05) is 24.3 Å². The van der Waals surface area contributed by atoms with E-state index < -0.39 is 0 Å². The van der Waals surface area contributed by atoms with Crippen molar-refractivity contribution in [2.24, 2.45) is 0 Å². The summed E-state index contributed by atoms with van der Waals surface area (Å²) in [5.41, 5.74) is 1.15. The Morgan fingerprint density at radius 2 is 2.11 bits per heavy atom. The topological polar surface area (TPSA) is 12.9 Å². The molecule has 1 aromatic carbocycles. The first-order valence-corrected chi connectivity index (χ1v) is 8.44. The van der Waals surface area contributed by atoms with Gasteiger partial charge in [-0.2, -0.15) is 0 Å². The zero-order valence-electron chi connectivity index (χ0n) is 9.73. The van der Waals surface area contributed by atoms with Crippen LogP contribution in [0.2, 0.25) is 5.02 Å². The predicted octanol–water partition coefficient (Wildman–Crippen LogP) is 5.26. The molecule has 1 nitrogen and oxygen atoms in total. The SMILES string of the molecule is ClCCCc1csc(CSc2ccccc2Cl)n1. The summed E-state index contributed by atoms with van der Waals surface area (Å²) in [6, 6.07) is 7.90. The molecule has 18 heavy (non-hydrogen) atoms. The Morgan fingerprint density at radius 1 is 1.28 bits per heavy atom. The minimum absolute atomic E-state index is 0.696. The molecule has 0 aliphatic rings. The second kappa shape index (κ2) is 7.39. The Hall–Kier alpha value is -0.220. The number of thiazole rings is 1. The molecule has 5 heteroatoms. The molecule has 2 aromatic rings. The van der Waals surface area contributed by atoms with Gasteiger partial charge in [0.2, 0.25) is 0 Å². The Bertz CT molecular complexity index is 499. The predicted molar refractivity (Wildman–Crippen MR) is 82.2 cm³/mol. The summed E-state index contributed by atoms with van der Waals surface area (Å²) in [7, 11) is 0. The Kier molecular flexibility index (Phi) is 5.83. The van der Waals surface area contributed by atoms with Crippen molar-refractivity contribution < 1.29 is 0 Å². The molecule has 0 atom stereocenters. The van der Waals surface area contributed by atoms with Gasteiger partial charge >= 0.3 is 0 Å². The smallest absolute Gasteiger partial charge is 0.103 e. The van der Waals surface area contributed by atoms with Gasteiger partial charge in [0.1, 0.15) is 5.01 Å². The molecule has 0 aliphatic carbocycles. The van der Waals surface area contributed by atoms with E-state index in [-0.39, 0.29) is 0 Å². The Labute approximate surface area is 126 Å². The fraction of sp³-hybridized carbons (Fsp3) is 0.308. The monoisotopic (exact) mass is 317 g/mol. The van der Waals surface area contributed by atoms with Gasteiger partial charge in [-0.05, 0) is 25.0 Å². The third-order valence-corrected chi connectivity index (χ3v) is 5.23. The molecule has 0 saturated carbocycles. The zero-order chi connectivity index (χ0) is 12.8. The second-order valence-corrected chi connectivity index (χ2v) is 6.49. The zero-order valence-corrected chi connectivity index (χ0v) is 12.9. The highest BCUT2D eigenvalue weighted by Gasteiger charge is 2.05. The van der Waals surface area contributed by atoms with Gasteiger partial charge in [0.15, 0.2) is 0 Å². The van der Waals surface area contributed by atoms with Crippen LogP contribution in [0.15, 0.2) is 34.5 Å². The van der Waals surface area contributed by atoms with Gasteiger partial charge < -0.3 is 0 Å². The number of benzene rings is 1. The van der Waals surface area contributed by atoms with Crippen LogP contribution in [0.4, 0.5) is 0 Å². The first kappa shape index (κ1) is 14.2. The van der Waals surface area contributed by atoms with E-state index in [0.29, 0.717) is 5.88 Å². The van der Waals surface area contributed by atoms with E-state index in [2.05, 4.69) is 10.4 Å². The highest BCUT2D eigenvalue weighted by molar-refractivity contribution is 7.98. The lowest BCUT2D eigenvalue weighted by Gasteiger charge is -2.01. The van der Waals surface area contributed by atoms with Gasteiger partial charge in [-0.25, -0.2) is 4.98 Å². The molecule has 0 fully saturated rings.